The van der Waals surface area contributed by atoms with Crippen LogP contribution in [-0.4, -0.2) is 47.5 Å². The van der Waals surface area contributed by atoms with Crippen LogP contribution in [0.3, 0.4) is 0 Å². The molecule has 1 aromatic heterocycles. The maximum atomic E-state index is 11.5. The van der Waals surface area contributed by atoms with Crippen molar-refractivity contribution < 1.29 is 28.8 Å². The molecule has 0 radical (unpaired) electrons. The van der Waals surface area contributed by atoms with Gasteiger partial charge in [-0.25, -0.2) is 4.79 Å². The van der Waals surface area contributed by atoms with Gasteiger partial charge in [0.05, 0.1) is 30.8 Å². The summed E-state index contributed by atoms with van der Waals surface area (Å²) in [7, 11) is 1.50. The first kappa shape index (κ1) is 21.5. The third kappa shape index (κ3) is 3.59. The fraction of sp³-hybridized carbons (Fsp3) is 0.500. The van der Waals surface area contributed by atoms with Crippen LogP contribution in [0.4, 0.5) is 0 Å². The Morgan fingerprint density at radius 3 is 2.52 bits per heavy atom. The van der Waals surface area contributed by atoms with E-state index in [-0.39, 0.29) is 0 Å². The average Bonchev–Trinajstić information content (AvgIpc) is 3.01. The normalized spacial score (nSPS) is 37.2. The Balaban J connectivity index is 1.65. The quantitative estimate of drug-likeness (QED) is 0.727. The average molecular weight is 404 g/mol. The van der Waals surface area contributed by atoms with Crippen molar-refractivity contribution in [3.05, 3.63) is 58.2 Å². The lowest BCUT2D eigenvalue weighted by Gasteiger charge is -2.38. The molecule has 7 heteroatoms. The van der Waals surface area contributed by atoms with Gasteiger partial charge in [0.25, 0.3) is 0 Å². The summed E-state index contributed by atoms with van der Waals surface area (Å²) in [6, 6.07) is 1.30. The Bertz CT molecular complexity index is 895. The predicted molar refractivity (Wildman–Crippen MR) is 108 cm³/mol. The topological polar surface area (TPSA) is 98.4 Å². The molecular formula is C22H28O7. The second-order valence-electron chi connectivity index (χ2n) is 7.84. The predicted octanol–water partition coefficient (Wildman–Crippen LogP) is 2.34. The Morgan fingerprint density at radius 1 is 1.17 bits per heavy atom. The number of methoxy groups -OCH3 is 1. The van der Waals surface area contributed by atoms with Gasteiger partial charge in [-0.2, -0.15) is 0 Å². The first-order valence-corrected chi connectivity index (χ1v) is 9.54. The van der Waals surface area contributed by atoms with Gasteiger partial charge >= 0.3 is 5.63 Å². The minimum atomic E-state index is -1.20. The molecule has 2 N–H and O–H groups in total. The summed E-state index contributed by atoms with van der Waals surface area (Å²) in [6.07, 6.45) is 7.80. The zero-order valence-electron chi connectivity index (χ0n) is 17.3. The molecule has 6 atom stereocenters. The molecule has 0 bridgehead atoms. The lowest BCUT2D eigenvalue weighted by atomic mass is 9.69. The van der Waals surface area contributed by atoms with Crippen molar-refractivity contribution in [2.24, 2.45) is 5.41 Å². The van der Waals surface area contributed by atoms with Gasteiger partial charge in [-0.15, -0.1) is 0 Å². The molecule has 0 unspecified atom stereocenters. The van der Waals surface area contributed by atoms with Gasteiger partial charge in [-0.05, 0) is 33.8 Å². The van der Waals surface area contributed by atoms with E-state index in [1.54, 1.807) is 64.2 Å². The van der Waals surface area contributed by atoms with E-state index in [4.69, 9.17) is 18.6 Å². The SMILES string of the molecule is COc1cc(=O)oc(/C=C/C=C/C=C/[C@H]2O[C@H]3O[C@H](C)[C@](C)(O)[C@@]3(C)[C@H]2O)c1C. The smallest absolute Gasteiger partial charge is 0.339 e. The largest absolute Gasteiger partial charge is 0.496 e. The number of hydrogen-bond donors (Lipinski definition) is 2. The summed E-state index contributed by atoms with van der Waals surface area (Å²) in [5.74, 6) is 0.899. The van der Waals surface area contributed by atoms with E-state index in [2.05, 4.69) is 0 Å². The summed E-state index contributed by atoms with van der Waals surface area (Å²) in [6.45, 7) is 7.02. The molecule has 0 spiro atoms. The third-order valence-corrected chi connectivity index (χ3v) is 6.21. The van der Waals surface area contributed by atoms with Crippen LogP contribution >= 0.6 is 0 Å². The Kier molecular flexibility index (Phi) is 5.87. The number of rotatable bonds is 5. The summed E-state index contributed by atoms with van der Waals surface area (Å²) < 4.78 is 21.8. The van der Waals surface area contributed by atoms with E-state index >= 15 is 0 Å². The number of hydrogen-bond acceptors (Lipinski definition) is 7. The van der Waals surface area contributed by atoms with Crippen LogP contribution in [0.2, 0.25) is 0 Å². The first-order chi connectivity index (χ1) is 13.6. The highest BCUT2D eigenvalue weighted by molar-refractivity contribution is 5.52. The van der Waals surface area contributed by atoms with E-state index in [1.165, 1.54) is 13.2 Å². The van der Waals surface area contributed by atoms with E-state index < -0.39 is 41.2 Å². The standard InChI is InChI=1S/C22H28O7/c1-13-15(28-18(23)12-17(13)26-5)10-8-6-7-9-11-16-19(24)21(3)20(29-16)27-14(2)22(21,4)25/h6-12,14,16,19-20,24-25H,1-5H3/b7-6+,10-8+,11-9+/t14-,16-,19+,20-,21+,22+/m1/s1. The molecule has 1 aromatic rings. The van der Waals surface area contributed by atoms with E-state index in [1.807, 2.05) is 0 Å². The van der Waals surface area contributed by atoms with Crippen LogP contribution in [0.1, 0.15) is 32.1 Å². The molecule has 2 saturated heterocycles. The number of aliphatic hydroxyl groups excluding tert-OH is 1. The van der Waals surface area contributed by atoms with Gasteiger partial charge < -0.3 is 28.8 Å². The molecule has 2 fully saturated rings. The van der Waals surface area contributed by atoms with Gasteiger partial charge in [-0.3, -0.25) is 0 Å². The molecule has 2 aliphatic heterocycles. The van der Waals surface area contributed by atoms with Crippen LogP contribution in [-0.2, 0) is 9.47 Å². The zero-order chi connectivity index (χ0) is 21.4. The molecule has 2 aliphatic rings. The highest BCUT2D eigenvalue weighted by atomic mass is 16.7. The summed E-state index contributed by atoms with van der Waals surface area (Å²) in [5, 5.41) is 21.5. The van der Waals surface area contributed by atoms with Crippen LogP contribution in [0.15, 0.2) is 45.7 Å². The molecule has 0 aliphatic carbocycles. The maximum Gasteiger partial charge on any atom is 0.339 e. The van der Waals surface area contributed by atoms with Crippen LogP contribution < -0.4 is 10.4 Å². The van der Waals surface area contributed by atoms with Gasteiger partial charge in [0, 0.05) is 5.56 Å². The number of aliphatic hydroxyl groups is 2. The monoisotopic (exact) mass is 404 g/mol. The molecule has 29 heavy (non-hydrogen) atoms. The lowest BCUT2D eigenvalue weighted by molar-refractivity contribution is -0.139. The first-order valence-electron chi connectivity index (χ1n) is 9.54. The molecule has 158 valence electrons. The lowest BCUT2D eigenvalue weighted by Crippen LogP contribution is -2.53. The fourth-order valence-corrected chi connectivity index (χ4v) is 3.82. The van der Waals surface area contributed by atoms with Gasteiger partial charge in [-0.1, -0.05) is 30.4 Å². The minimum Gasteiger partial charge on any atom is -0.496 e. The molecule has 0 saturated carbocycles. The maximum absolute atomic E-state index is 11.5. The van der Waals surface area contributed by atoms with Crippen LogP contribution in [0.5, 0.6) is 5.75 Å². The van der Waals surface area contributed by atoms with Crippen LogP contribution in [0, 0.1) is 12.3 Å². The molecule has 3 heterocycles. The van der Waals surface area contributed by atoms with Crippen molar-refractivity contribution >= 4 is 6.08 Å². The van der Waals surface area contributed by atoms with Gasteiger partial charge in [0.1, 0.15) is 23.2 Å². The van der Waals surface area contributed by atoms with Crippen molar-refractivity contribution in [3.8, 4) is 5.75 Å². The summed E-state index contributed by atoms with van der Waals surface area (Å²) >= 11 is 0. The summed E-state index contributed by atoms with van der Waals surface area (Å²) in [4.78, 5) is 11.5. The van der Waals surface area contributed by atoms with Crippen molar-refractivity contribution in [2.45, 2.75) is 57.9 Å². The third-order valence-electron chi connectivity index (χ3n) is 6.21. The second-order valence-corrected chi connectivity index (χ2v) is 7.84. The van der Waals surface area contributed by atoms with E-state index in [0.717, 1.165) is 5.56 Å². The Labute approximate surface area is 169 Å². The van der Waals surface area contributed by atoms with Crippen molar-refractivity contribution in [1.82, 2.24) is 0 Å². The van der Waals surface area contributed by atoms with E-state index in [9.17, 15) is 15.0 Å². The van der Waals surface area contributed by atoms with E-state index in [0.29, 0.717) is 11.5 Å². The van der Waals surface area contributed by atoms with Gasteiger partial charge in [0.15, 0.2) is 6.29 Å². The number of ether oxygens (including phenoxy) is 3. The Morgan fingerprint density at radius 2 is 1.86 bits per heavy atom. The van der Waals surface area contributed by atoms with Crippen molar-refractivity contribution in [1.29, 1.82) is 0 Å². The highest BCUT2D eigenvalue weighted by Crippen LogP contribution is 2.54. The molecule has 0 amide bonds. The van der Waals surface area contributed by atoms with Crippen molar-refractivity contribution in [2.75, 3.05) is 7.11 Å². The van der Waals surface area contributed by atoms with Crippen molar-refractivity contribution in [3.63, 3.8) is 0 Å². The number of fused-ring (bicyclic) bond motifs is 1. The van der Waals surface area contributed by atoms with Gasteiger partial charge in [0.2, 0.25) is 0 Å². The minimum absolute atomic E-state index is 0.423. The summed E-state index contributed by atoms with van der Waals surface area (Å²) in [5.41, 5.74) is -1.85. The van der Waals surface area contributed by atoms with Crippen LogP contribution in [0.25, 0.3) is 6.08 Å². The second kappa shape index (κ2) is 7.91. The molecular weight excluding hydrogens is 376 g/mol. The molecule has 3 rings (SSSR count). The fourth-order valence-electron chi connectivity index (χ4n) is 3.82. The zero-order valence-corrected chi connectivity index (χ0v) is 17.3. The highest BCUT2D eigenvalue weighted by Gasteiger charge is 2.68. The molecule has 7 nitrogen and oxygen atoms in total. The number of allylic oxidation sites excluding steroid dienone is 4. The Hall–Kier alpha value is -2.19. The molecule has 0 aromatic carbocycles.